The van der Waals surface area contributed by atoms with Crippen molar-refractivity contribution in [2.45, 2.75) is 37.6 Å². The van der Waals surface area contributed by atoms with E-state index in [0.717, 1.165) is 11.8 Å². The van der Waals surface area contributed by atoms with Crippen LogP contribution in [0.25, 0.3) is 10.8 Å². The molecule has 0 aromatic heterocycles. The molecule has 2 atom stereocenters. The second kappa shape index (κ2) is 9.47. The van der Waals surface area contributed by atoms with Crippen molar-refractivity contribution in [2.24, 2.45) is 11.8 Å². The highest BCUT2D eigenvalue weighted by Gasteiger charge is 2.27. The topological polar surface area (TPSA) is 130 Å². The summed E-state index contributed by atoms with van der Waals surface area (Å²) in [7, 11) is -3.92. The van der Waals surface area contributed by atoms with Crippen molar-refractivity contribution < 1.29 is 23.5 Å². The summed E-state index contributed by atoms with van der Waals surface area (Å²) in [5.41, 5.74) is 0. The fourth-order valence-electron chi connectivity index (χ4n) is 2.45. The molecule has 0 saturated heterocycles. The molecule has 0 amide bonds. The second-order valence-electron chi connectivity index (χ2n) is 5.74. The summed E-state index contributed by atoms with van der Waals surface area (Å²) in [6.45, 7) is 3.85. The molecule has 2 aromatic rings. The summed E-state index contributed by atoms with van der Waals surface area (Å²) >= 11 is 0. The van der Waals surface area contributed by atoms with E-state index in [9.17, 15) is 18.3 Å². The second-order valence-corrected chi connectivity index (χ2v) is 7.42. The molecule has 5 N–H and O–H groups in total. The fraction of sp³-hybridized carbons (Fsp3) is 0.353. The summed E-state index contributed by atoms with van der Waals surface area (Å²) in [5.74, 6) is 2.46. The molecule has 0 fully saturated rings. The van der Waals surface area contributed by atoms with Gasteiger partial charge in [0, 0.05) is 5.39 Å². The maximum atomic E-state index is 12.7. The smallest absolute Gasteiger partial charge is 0.321 e. The van der Waals surface area contributed by atoms with E-state index in [1.807, 2.05) is 32.0 Å². The standard InChI is InChI=1S/C17H21NO4S.H3NO/c1-3-12(2)11-15(17(19)20)18-23(21,22)16-10-6-8-13-7-4-5-9-14(13)16;1-2/h4-10,12,15,18H,3,11H2,1-2H3,(H,19,20);2H,1H2/t12-,15?;/m0./s1. The summed E-state index contributed by atoms with van der Waals surface area (Å²) in [4.78, 5) is 11.5. The molecule has 25 heavy (non-hydrogen) atoms. The molecule has 0 heterocycles. The Bertz CT molecular complexity index is 802. The molecule has 7 nitrogen and oxygen atoms in total. The average molecular weight is 368 g/mol. The molecule has 0 spiro atoms. The number of sulfonamides is 1. The summed E-state index contributed by atoms with van der Waals surface area (Å²) < 4.78 is 27.7. The Labute approximate surface area is 147 Å². The van der Waals surface area contributed by atoms with Crippen molar-refractivity contribution in [2.75, 3.05) is 0 Å². The Morgan fingerprint density at radius 3 is 2.36 bits per heavy atom. The van der Waals surface area contributed by atoms with Gasteiger partial charge >= 0.3 is 5.97 Å². The lowest BCUT2D eigenvalue weighted by Gasteiger charge is -2.18. The van der Waals surface area contributed by atoms with Gasteiger partial charge in [0.2, 0.25) is 10.0 Å². The van der Waals surface area contributed by atoms with Gasteiger partial charge in [-0.15, -0.1) is 0 Å². The van der Waals surface area contributed by atoms with Gasteiger partial charge in [0.05, 0.1) is 4.90 Å². The third kappa shape index (κ3) is 5.50. The highest BCUT2D eigenvalue weighted by molar-refractivity contribution is 7.89. The molecule has 0 aliphatic carbocycles. The van der Waals surface area contributed by atoms with Crippen molar-refractivity contribution in [3.8, 4) is 0 Å². The Morgan fingerprint density at radius 1 is 1.16 bits per heavy atom. The Hall–Kier alpha value is -2.00. The van der Waals surface area contributed by atoms with Crippen LogP contribution in [0.2, 0.25) is 0 Å². The minimum atomic E-state index is -3.92. The van der Waals surface area contributed by atoms with E-state index in [0.29, 0.717) is 5.39 Å². The number of nitrogens with one attached hydrogen (secondary N) is 1. The zero-order chi connectivity index (χ0) is 19.0. The number of fused-ring (bicyclic) bond motifs is 1. The van der Waals surface area contributed by atoms with Crippen molar-refractivity contribution >= 4 is 26.8 Å². The highest BCUT2D eigenvalue weighted by Crippen LogP contribution is 2.23. The molecule has 138 valence electrons. The first kappa shape index (κ1) is 21.0. The number of aliphatic carboxylic acids is 1. The van der Waals surface area contributed by atoms with E-state index < -0.39 is 22.0 Å². The van der Waals surface area contributed by atoms with Gasteiger partial charge in [-0.25, -0.2) is 14.3 Å². The lowest BCUT2D eigenvalue weighted by Crippen LogP contribution is -2.41. The predicted molar refractivity (Wildman–Crippen MR) is 95.7 cm³/mol. The monoisotopic (exact) mass is 368 g/mol. The van der Waals surface area contributed by atoms with Gasteiger partial charge in [0.15, 0.2) is 0 Å². The van der Waals surface area contributed by atoms with Gasteiger partial charge in [0.1, 0.15) is 6.04 Å². The summed E-state index contributed by atoms with van der Waals surface area (Å²) in [6.07, 6.45) is 1.05. The van der Waals surface area contributed by atoms with Crippen LogP contribution in [-0.2, 0) is 14.8 Å². The molecule has 2 rings (SSSR count). The van der Waals surface area contributed by atoms with Gasteiger partial charge in [0.25, 0.3) is 0 Å². The van der Waals surface area contributed by atoms with Crippen molar-refractivity contribution in [1.29, 1.82) is 0 Å². The van der Waals surface area contributed by atoms with Gasteiger partial charge in [-0.05, 0) is 23.8 Å². The first-order chi connectivity index (χ1) is 11.8. The van der Waals surface area contributed by atoms with Crippen LogP contribution in [0.4, 0.5) is 0 Å². The van der Waals surface area contributed by atoms with Crippen LogP contribution in [0.1, 0.15) is 26.7 Å². The van der Waals surface area contributed by atoms with Crippen LogP contribution in [0.15, 0.2) is 47.4 Å². The van der Waals surface area contributed by atoms with E-state index in [1.54, 1.807) is 18.2 Å². The normalized spacial score (nSPS) is 13.6. The summed E-state index contributed by atoms with van der Waals surface area (Å²) in [6, 6.07) is 11.0. The zero-order valence-electron chi connectivity index (χ0n) is 14.2. The van der Waals surface area contributed by atoms with Crippen molar-refractivity contribution in [3.05, 3.63) is 42.5 Å². The quantitative estimate of drug-likeness (QED) is 0.555. The lowest BCUT2D eigenvalue weighted by molar-refractivity contribution is -0.139. The molecule has 0 aliphatic heterocycles. The van der Waals surface area contributed by atoms with Crippen LogP contribution >= 0.6 is 0 Å². The number of hydrogen-bond acceptors (Lipinski definition) is 5. The van der Waals surface area contributed by atoms with Gasteiger partial charge in [-0.3, -0.25) is 4.79 Å². The first-order valence-corrected chi connectivity index (χ1v) is 9.32. The van der Waals surface area contributed by atoms with Crippen LogP contribution < -0.4 is 10.6 Å². The SMILES string of the molecule is CC[C@H](C)CC(NS(=O)(=O)c1cccc2ccccc12)C(=O)O.NO. The van der Waals surface area contributed by atoms with Crippen LogP contribution in [0.5, 0.6) is 0 Å². The fourth-order valence-corrected chi connectivity index (χ4v) is 3.88. The van der Waals surface area contributed by atoms with Crippen LogP contribution in [0, 0.1) is 5.92 Å². The Balaban J connectivity index is 0.00000151. The minimum Gasteiger partial charge on any atom is -0.480 e. The Morgan fingerprint density at radius 2 is 1.76 bits per heavy atom. The van der Waals surface area contributed by atoms with Crippen LogP contribution in [0.3, 0.4) is 0 Å². The molecule has 2 aromatic carbocycles. The number of carbonyl (C=O) groups is 1. The third-order valence-corrected chi connectivity index (χ3v) is 5.50. The predicted octanol–water partition coefficient (Wildman–Crippen LogP) is 2.34. The molecule has 0 saturated carbocycles. The van der Waals surface area contributed by atoms with Crippen molar-refractivity contribution in [1.82, 2.24) is 4.72 Å². The molecular formula is C17H24N2O5S. The molecule has 1 unspecified atom stereocenters. The van der Waals surface area contributed by atoms with Gasteiger partial charge in [-0.2, -0.15) is 4.72 Å². The van der Waals surface area contributed by atoms with Gasteiger partial charge < -0.3 is 10.3 Å². The van der Waals surface area contributed by atoms with Crippen molar-refractivity contribution in [3.63, 3.8) is 0 Å². The lowest BCUT2D eigenvalue weighted by atomic mass is 10.0. The number of nitrogens with two attached hydrogens (primary N) is 1. The van der Waals surface area contributed by atoms with E-state index in [2.05, 4.69) is 10.6 Å². The first-order valence-electron chi connectivity index (χ1n) is 7.84. The average Bonchev–Trinajstić information content (AvgIpc) is 2.61. The maximum Gasteiger partial charge on any atom is 0.321 e. The van der Waals surface area contributed by atoms with E-state index in [1.165, 1.54) is 6.07 Å². The maximum absolute atomic E-state index is 12.7. The molecule has 0 aliphatic rings. The number of hydrogen-bond donors (Lipinski definition) is 4. The molecular weight excluding hydrogens is 344 g/mol. The number of carboxylic acids is 1. The highest BCUT2D eigenvalue weighted by atomic mass is 32.2. The number of carboxylic acid groups (broad SMARTS) is 1. The minimum absolute atomic E-state index is 0.103. The zero-order valence-corrected chi connectivity index (χ0v) is 15.0. The van der Waals surface area contributed by atoms with E-state index in [4.69, 9.17) is 5.21 Å². The van der Waals surface area contributed by atoms with Gasteiger partial charge in [-0.1, -0.05) is 56.7 Å². The third-order valence-electron chi connectivity index (χ3n) is 3.97. The molecule has 8 heteroatoms. The number of rotatable bonds is 7. The largest absolute Gasteiger partial charge is 0.480 e. The molecule has 0 radical (unpaired) electrons. The number of benzene rings is 2. The molecule has 0 bridgehead atoms. The Kier molecular flexibility index (Phi) is 7.98. The summed E-state index contributed by atoms with van der Waals surface area (Å²) in [5, 5.41) is 17.2. The van der Waals surface area contributed by atoms with E-state index in [-0.39, 0.29) is 17.2 Å². The van der Waals surface area contributed by atoms with Crippen LogP contribution in [-0.4, -0.2) is 30.7 Å². The van der Waals surface area contributed by atoms with E-state index >= 15 is 0 Å².